The molecule has 0 aliphatic rings. The maximum atomic E-state index is 5.65. The third kappa shape index (κ3) is 2.85. The van der Waals surface area contributed by atoms with Gasteiger partial charge in [-0.2, -0.15) is 0 Å². The van der Waals surface area contributed by atoms with Crippen molar-refractivity contribution in [3.05, 3.63) is 22.7 Å². The second-order valence-corrected chi connectivity index (χ2v) is 5.75. The lowest BCUT2D eigenvalue weighted by Gasteiger charge is -2.07. The molecule has 2 heterocycles. The van der Waals surface area contributed by atoms with Gasteiger partial charge in [0.05, 0.1) is 18.2 Å². The Morgan fingerprint density at radius 3 is 2.88 bits per heavy atom. The molecule has 17 heavy (non-hydrogen) atoms. The van der Waals surface area contributed by atoms with E-state index in [1.807, 2.05) is 0 Å². The Morgan fingerprint density at radius 2 is 2.24 bits per heavy atom. The number of H-pyrrole nitrogens is 1. The minimum absolute atomic E-state index is 0.276. The SMILES string of the molecule is CCc1nc2pc(COC(C)C)cc(C)c2[nH]1. The summed E-state index contributed by atoms with van der Waals surface area (Å²) < 4.78 is 5.65. The fraction of sp³-hybridized carbons (Fsp3) is 0.538. The number of nitrogens with one attached hydrogen (secondary N) is 1. The number of ether oxygens (including phenoxy) is 1. The van der Waals surface area contributed by atoms with Crippen LogP contribution in [0.15, 0.2) is 6.07 Å². The van der Waals surface area contributed by atoms with E-state index in [0.717, 1.165) is 17.5 Å². The Hall–Kier alpha value is -0.920. The molecule has 0 aromatic carbocycles. The highest BCUT2D eigenvalue weighted by Crippen LogP contribution is 2.29. The van der Waals surface area contributed by atoms with Gasteiger partial charge in [0.25, 0.3) is 0 Å². The smallest absolute Gasteiger partial charge is 0.116 e. The van der Waals surface area contributed by atoms with Crippen molar-refractivity contribution in [1.82, 2.24) is 9.97 Å². The van der Waals surface area contributed by atoms with Crippen LogP contribution in [0.1, 0.15) is 37.5 Å². The monoisotopic (exact) mass is 250 g/mol. The minimum atomic E-state index is 0.276. The summed E-state index contributed by atoms with van der Waals surface area (Å²) in [5.74, 6) is 1.07. The summed E-state index contributed by atoms with van der Waals surface area (Å²) in [6.07, 6.45) is 1.23. The minimum Gasteiger partial charge on any atom is -0.374 e. The highest BCUT2D eigenvalue weighted by molar-refractivity contribution is 7.37. The number of aromatic amines is 1. The summed E-state index contributed by atoms with van der Waals surface area (Å²) in [5, 5.41) is 2.43. The lowest BCUT2D eigenvalue weighted by Crippen LogP contribution is -2.01. The molecule has 0 fully saturated rings. The van der Waals surface area contributed by atoms with Crippen molar-refractivity contribution in [3.8, 4) is 0 Å². The largest absolute Gasteiger partial charge is 0.374 e. The topological polar surface area (TPSA) is 37.9 Å². The molecule has 2 rings (SSSR count). The number of fused-ring (bicyclic) bond motifs is 1. The molecule has 0 saturated heterocycles. The molecular weight excluding hydrogens is 231 g/mol. The van der Waals surface area contributed by atoms with Crippen LogP contribution in [0.4, 0.5) is 0 Å². The quantitative estimate of drug-likeness (QED) is 0.892. The molecule has 0 spiro atoms. The Kier molecular flexibility index (Phi) is 3.80. The first-order valence-corrected chi connectivity index (χ1v) is 6.96. The molecule has 1 N–H and O–H groups in total. The van der Waals surface area contributed by atoms with E-state index >= 15 is 0 Å². The summed E-state index contributed by atoms with van der Waals surface area (Å²) in [6.45, 7) is 9.07. The molecule has 0 radical (unpaired) electrons. The van der Waals surface area contributed by atoms with Crippen molar-refractivity contribution in [2.24, 2.45) is 0 Å². The summed E-state index contributed by atoms with van der Waals surface area (Å²) in [7, 11) is 1.18. The van der Waals surface area contributed by atoms with Gasteiger partial charge in [-0.3, -0.25) is 0 Å². The Balaban J connectivity index is 2.33. The molecule has 0 saturated carbocycles. The summed E-state index contributed by atoms with van der Waals surface area (Å²) >= 11 is 0. The van der Waals surface area contributed by atoms with Gasteiger partial charge in [-0.15, -0.1) is 0 Å². The molecule has 0 atom stereocenters. The summed E-state index contributed by atoms with van der Waals surface area (Å²) in [4.78, 5) is 7.99. The van der Waals surface area contributed by atoms with E-state index in [4.69, 9.17) is 4.74 Å². The number of imidazole rings is 1. The lowest BCUT2D eigenvalue weighted by atomic mass is 10.3. The van der Waals surface area contributed by atoms with E-state index in [1.165, 1.54) is 24.6 Å². The predicted octanol–water partition coefficient (Wildman–Crippen LogP) is 3.94. The zero-order valence-electron chi connectivity index (χ0n) is 10.9. The third-order valence-electron chi connectivity index (χ3n) is 2.66. The summed E-state index contributed by atoms with van der Waals surface area (Å²) in [5.41, 5.74) is 2.45. The molecule has 0 aliphatic heterocycles. The highest BCUT2D eigenvalue weighted by Gasteiger charge is 2.07. The number of aryl methyl sites for hydroxylation is 2. The zero-order valence-corrected chi connectivity index (χ0v) is 11.8. The number of hydrogen-bond donors (Lipinski definition) is 1. The number of nitrogens with zero attached hydrogens (tertiary/aromatic N) is 1. The molecule has 2 aromatic heterocycles. The van der Waals surface area contributed by atoms with E-state index in [1.54, 1.807) is 0 Å². The van der Waals surface area contributed by atoms with Crippen molar-refractivity contribution in [3.63, 3.8) is 0 Å². The molecule has 3 nitrogen and oxygen atoms in total. The van der Waals surface area contributed by atoms with Gasteiger partial charge in [-0.1, -0.05) is 6.92 Å². The first-order chi connectivity index (χ1) is 8.10. The predicted molar refractivity (Wildman–Crippen MR) is 72.6 cm³/mol. The zero-order chi connectivity index (χ0) is 12.4. The van der Waals surface area contributed by atoms with Gasteiger partial charge in [0.1, 0.15) is 11.1 Å². The number of hydrogen-bond acceptors (Lipinski definition) is 2. The van der Waals surface area contributed by atoms with Crippen molar-refractivity contribution in [1.29, 1.82) is 0 Å². The van der Waals surface area contributed by atoms with Crippen LogP contribution in [0.2, 0.25) is 0 Å². The van der Waals surface area contributed by atoms with E-state index in [9.17, 15) is 0 Å². The van der Waals surface area contributed by atoms with Gasteiger partial charge >= 0.3 is 0 Å². The van der Waals surface area contributed by atoms with Gasteiger partial charge in [-0.25, -0.2) is 4.98 Å². The maximum absolute atomic E-state index is 5.65. The van der Waals surface area contributed by atoms with Crippen LogP contribution in [0.3, 0.4) is 0 Å². The molecular formula is C13H19N2OP. The van der Waals surface area contributed by atoms with Crippen LogP contribution in [-0.4, -0.2) is 16.1 Å². The van der Waals surface area contributed by atoms with Crippen molar-refractivity contribution < 1.29 is 4.74 Å². The average molecular weight is 250 g/mol. The Bertz CT molecular complexity index is 519. The van der Waals surface area contributed by atoms with Gasteiger partial charge in [0.15, 0.2) is 0 Å². The fourth-order valence-corrected chi connectivity index (χ4v) is 2.94. The van der Waals surface area contributed by atoms with E-state index < -0.39 is 0 Å². The van der Waals surface area contributed by atoms with Crippen molar-refractivity contribution >= 4 is 19.0 Å². The van der Waals surface area contributed by atoms with Crippen LogP contribution in [0.25, 0.3) is 10.8 Å². The maximum Gasteiger partial charge on any atom is 0.116 e. The van der Waals surface area contributed by atoms with Crippen LogP contribution in [0, 0.1) is 6.92 Å². The van der Waals surface area contributed by atoms with Crippen LogP contribution >= 0.6 is 8.19 Å². The van der Waals surface area contributed by atoms with Gasteiger partial charge in [0, 0.05) is 11.7 Å². The normalized spacial score (nSPS) is 12.1. The fourth-order valence-electron chi connectivity index (χ4n) is 1.75. The van der Waals surface area contributed by atoms with Gasteiger partial charge in [0.2, 0.25) is 0 Å². The lowest BCUT2D eigenvalue weighted by molar-refractivity contribution is 0.0674. The van der Waals surface area contributed by atoms with E-state index in [-0.39, 0.29) is 6.10 Å². The van der Waals surface area contributed by atoms with E-state index in [0.29, 0.717) is 6.61 Å². The Morgan fingerprint density at radius 1 is 1.47 bits per heavy atom. The van der Waals surface area contributed by atoms with Gasteiger partial charge < -0.3 is 9.72 Å². The average Bonchev–Trinajstić information content (AvgIpc) is 2.70. The molecule has 0 amide bonds. The molecule has 2 aromatic rings. The number of rotatable bonds is 4. The molecule has 0 bridgehead atoms. The van der Waals surface area contributed by atoms with Gasteiger partial charge in [-0.05, 0) is 40.6 Å². The van der Waals surface area contributed by atoms with Crippen LogP contribution < -0.4 is 0 Å². The van der Waals surface area contributed by atoms with Crippen LogP contribution in [0.5, 0.6) is 0 Å². The summed E-state index contributed by atoms with van der Waals surface area (Å²) in [6, 6.07) is 2.21. The highest BCUT2D eigenvalue weighted by atomic mass is 31.0. The standard InChI is InChI=1S/C13H19N2OP/c1-5-11-14-12-9(4)6-10(7-16-8(2)3)17-13(12)15-11/h6,8H,5,7H2,1-4H3,(H,14,15). The van der Waals surface area contributed by atoms with Crippen LogP contribution in [-0.2, 0) is 17.8 Å². The van der Waals surface area contributed by atoms with E-state index in [2.05, 4.69) is 43.7 Å². The molecule has 4 heteroatoms. The van der Waals surface area contributed by atoms with Crippen molar-refractivity contribution in [2.75, 3.05) is 0 Å². The first kappa shape index (κ1) is 12.5. The van der Waals surface area contributed by atoms with Crippen molar-refractivity contribution in [2.45, 2.75) is 46.8 Å². The number of aromatic nitrogens is 2. The second-order valence-electron chi connectivity index (χ2n) is 4.53. The molecule has 92 valence electrons. The third-order valence-corrected chi connectivity index (χ3v) is 3.74. The Labute approximate surface area is 104 Å². The molecule has 0 unspecified atom stereocenters. The first-order valence-electron chi connectivity index (χ1n) is 6.07. The second kappa shape index (κ2) is 5.16. The molecule has 0 aliphatic carbocycles.